The molecular formula is C22H25ClN2O8. The summed E-state index contributed by atoms with van der Waals surface area (Å²) in [6.45, 7) is 2.96. The van der Waals surface area contributed by atoms with Crippen LogP contribution in [0, 0.1) is 16.7 Å². The Balaban J connectivity index is 2.95. The second kappa shape index (κ2) is 10.6. The van der Waals surface area contributed by atoms with Crippen molar-refractivity contribution in [3.8, 4) is 6.07 Å². The van der Waals surface area contributed by atoms with Crippen molar-refractivity contribution >= 4 is 35.5 Å². The third-order valence-corrected chi connectivity index (χ3v) is 5.84. The number of benzene rings is 1. The van der Waals surface area contributed by atoms with Gasteiger partial charge in [-0.3, -0.25) is 19.7 Å². The zero-order valence-corrected chi connectivity index (χ0v) is 19.4. The maximum absolute atomic E-state index is 13.5. The van der Waals surface area contributed by atoms with Crippen LogP contribution in [0.3, 0.4) is 0 Å². The molecule has 1 heterocycles. The van der Waals surface area contributed by atoms with Crippen molar-refractivity contribution in [1.29, 1.82) is 5.26 Å². The molecule has 1 N–H and O–H groups in total. The summed E-state index contributed by atoms with van der Waals surface area (Å²) < 4.78 is 20.0. The average Bonchev–Trinajstić information content (AvgIpc) is 3.11. The van der Waals surface area contributed by atoms with Gasteiger partial charge >= 0.3 is 23.9 Å². The second-order valence-corrected chi connectivity index (χ2v) is 7.63. The molecule has 0 unspecified atom stereocenters. The molecule has 1 aliphatic heterocycles. The number of nitrogens with one attached hydrogen (secondary N) is 1. The van der Waals surface area contributed by atoms with Gasteiger partial charge in [-0.1, -0.05) is 23.7 Å². The van der Waals surface area contributed by atoms with Crippen LogP contribution in [-0.2, 0) is 38.1 Å². The van der Waals surface area contributed by atoms with Crippen LogP contribution in [0.2, 0.25) is 5.02 Å². The van der Waals surface area contributed by atoms with Gasteiger partial charge < -0.3 is 18.9 Å². The number of hydrogen-bond donors (Lipinski definition) is 1. The van der Waals surface area contributed by atoms with Crippen molar-refractivity contribution in [1.82, 2.24) is 5.32 Å². The summed E-state index contributed by atoms with van der Waals surface area (Å²) in [7, 11) is 2.12. The van der Waals surface area contributed by atoms with Gasteiger partial charge in [-0.25, -0.2) is 4.79 Å². The number of esters is 4. The van der Waals surface area contributed by atoms with E-state index in [9.17, 15) is 24.4 Å². The molecule has 0 spiro atoms. The Morgan fingerprint density at radius 3 is 2.12 bits per heavy atom. The average molecular weight is 481 g/mol. The van der Waals surface area contributed by atoms with E-state index in [1.165, 1.54) is 31.2 Å². The first kappa shape index (κ1) is 26.1. The molecule has 0 amide bonds. The molecule has 1 fully saturated rings. The highest BCUT2D eigenvalue weighted by Crippen LogP contribution is 2.55. The molecule has 33 heavy (non-hydrogen) atoms. The van der Waals surface area contributed by atoms with Crippen molar-refractivity contribution in [2.45, 2.75) is 37.8 Å². The van der Waals surface area contributed by atoms with Crippen molar-refractivity contribution in [3.63, 3.8) is 0 Å². The predicted molar refractivity (Wildman–Crippen MR) is 114 cm³/mol. The second-order valence-electron chi connectivity index (χ2n) is 7.19. The molecule has 1 aliphatic rings. The fourth-order valence-corrected chi connectivity index (χ4v) is 4.35. The van der Waals surface area contributed by atoms with E-state index >= 15 is 0 Å². The monoisotopic (exact) mass is 480 g/mol. The molecule has 1 aromatic carbocycles. The number of nitrogens with zero attached hydrogens (tertiary/aromatic N) is 1. The van der Waals surface area contributed by atoms with Crippen LogP contribution in [0.25, 0.3) is 0 Å². The van der Waals surface area contributed by atoms with Gasteiger partial charge in [0.2, 0.25) is 0 Å². The van der Waals surface area contributed by atoms with Crippen molar-refractivity contribution < 1.29 is 38.1 Å². The number of carbonyl (C=O) groups is 4. The summed E-state index contributed by atoms with van der Waals surface area (Å²) in [5.74, 6) is -5.29. The van der Waals surface area contributed by atoms with E-state index in [2.05, 4.69) is 5.32 Å². The number of carbonyl (C=O) groups excluding carboxylic acids is 4. The van der Waals surface area contributed by atoms with Crippen LogP contribution in [-0.4, -0.2) is 62.9 Å². The minimum atomic E-state index is -2.41. The number of halogens is 1. The number of methoxy groups -OCH3 is 2. The Morgan fingerprint density at radius 1 is 1.03 bits per heavy atom. The zero-order valence-electron chi connectivity index (χ0n) is 18.7. The van der Waals surface area contributed by atoms with Crippen LogP contribution < -0.4 is 5.32 Å². The normalized spacial score (nSPS) is 26.1. The molecule has 178 valence electrons. The van der Waals surface area contributed by atoms with E-state index in [1.807, 2.05) is 6.07 Å². The first-order valence-corrected chi connectivity index (χ1v) is 10.5. The van der Waals surface area contributed by atoms with Crippen LogP contribution in [0.1, 0.15) is 31.7 Å². The highest BCUT2D eigenvalue weighted by atomic mass is 35.5. The number of rotatable bonds is 8. The molecule has 0 aromatic heterocycles. The van der Waals surface area contributed by atoms with Gasteiger partial charge in [0.15, 0.2) is 11.0 Å². The van der Waals surface area contributed by atoms with Gasteiger partial charge in [0.1, 0.15) is 6.04 Å². The molecule has 10 nitrogen and oxygen atoms in total. The largest absolute Gasteiger partial charge is 0.469 e. The lowest BCUT2D eigenvalue weighted by Gasteiger charge is -2.38. The quantitative estimate of drug-likeness (QED) is 0.429. The summed E-state index contributed by atoms with van der Waals surface area (Å²) in [6, 6.07) is 6.54. The van der Waals surface area contributed by atoms with Gasteiger partial charge in [-0.15, -0.1) is 0 Å². The highest BCUT2D eigenvalue weighted by molar-refractivity contribution is 6.30. The van der Waals surface area contributed by atoms with Gasteiger partial charge in [-0.2, -0.15) is 5.26 Å². The molecule has 0 bridgehead atoms. The molecule has 1 saturated heterocycles. The van der Waals surface area contributed by atoms with Gasteiger partial charge in [-0.05, 0) is 31.5 Å². The number of ether oxygens (including phenoxy) is 4. The van der Waals surface area contributed by atoms with Crippen LogP contribution in [0.15, 0.2) is 24.3 Å². The van der Waals surface area contributed by atoms with Crippen LogP contribution in [0.5, 0.6) is 0 Å². The van der Waals surface area contributed by atoms with E-state index in [0.717, 1.165) is 14.2 Å². The Morgan fingerprint density at radius 2 is 1.64 bits per heavy atom. The maximum atomic E-state index is 13.5. The maximum Gasteiger partial charge on any atom is 0.329 e. The summed E-state index contributed by atoms with van der Waals surface area (Å²) in [6.07, 6.45) is -0.789. The lowest BCUT2D eigenvalue weighted by molar-refractivity contribution is -0.169. The molecule has 0 radical (unpaired) electrons. The Labute approximate surface area is 196 Å². The van der Waals surface area contributed by atoms with Crippen molar-refractivity contribution in [2.75, 3.05) is 27.4 Å². The fourth-order valence-electron chi connectivity index (χ4n) is 4.22. The van der Waals surface area contributed by atoms with E-state index in [-0.39, 0.29) is 13.2 Å². The summed E-state index contributed by atoms with van der Waals surface area (Å²) >= 11 is 6.00. The SMILES string of the molecule is CCOC(=O)[C@@H]1N[C@@](CC(=O)OC)(C(=O)OC)[C@](C#N)(C(=O)OCC)[C@H]1c1ccc(Cl)cc1. The van der Waals surface area contributed by atoms with Gasteiger partial charge in [0.05, 0.1) is 39.9 Å². The first-order chi connectivity index (χ1) is 15.7. The van der Waals surface area contributed by atoms with Crippen molar-refractivity contribution in [3.05, 3.63) is 34.9 Å². The Hall–Kier alpha value is -3.16. The lowest BCUT2D eigenvalue weighted by atomic mass is 9.61. The van der Waals surface area contributed by atoms with Crippen molar-refractivity contribution in [2.24, 2.45) is 5.41 Å². The van der Waals surface area contributed by atoms with Gasteiger partial charge in [0.25, 0.3) is 0 Å². The van der Waals surface area contributed by atoms with Crippen LogP contribution in [0.4, 0.5) is 0 Å². The fraction of sp³-hybridized carbons (Fsp3) is 0.500. The molecule has 4 atom stereocenters. The van der Waals surface area contributed by atoms with E-state index < -0.39 is 53.2 Å². The summed E-state index contributed by atoms with van der Waals surface area (Å²) in [5.41, 5.74) is -4.41. The minimum absolute atomic E-state index is 0.00840. The summed E-state index contributed by atoms with van der Waals surface area (Å²) in [4.78, 5) is 52.1. The van der Waals surface area contributed by atoms with E-state index in [4.69, 9.17) is 30.5 Å². The van der Waals surface area contributed by atoms with E-state index in [1.54, 1.807) is 6.92 Å². The molecule has 11 heteroatoms. The first-order valence-electron chi connectivity index (χ1n) is 10.1. The third-order valence-electron chi connectivity index (χ3n) is 5.59. The molecular weight excluding hydrogens is 456 g/mol. The summed E-state index contributed by atoms with van der Waals surface area (Å²) in [5, 5.41) is 13.6. The molecule has 0 saturated carbocycles. The Bertz CT molecular complexity index is 960. The zero-order chi connectivity index (χ0) is 24.8. The van der Waals surface area contributed by atoms with Gasteiger partial charge in [0, 0.05) is 10.9 Å². The molecule has 0 aliphatic carbocycles. The third kappa shape index (κ3) is 4.38. The topological polar surface area (TPSA) is 141 Å². The minimum Gasteiger partial charge on any atom is -0.469 e. The molecule has 2 rings (SSSR count). The highest BCUT2D eigenvalue weighted by Gasteiger charge is 2.76. The Kier molecular flexibility index (Phi) is 8.41. The van der Waals surface area contributed by atoms with Crippen LogP contribution >= 0.6 is 11.6 Å². The smallest absolute Gasteiger partial charge is 0.329 e. The number of hydrogen-bond acceptors (Lipinski definition) is 10. The standard InChI is InChI=1S/C22H25ClN2O8/c1-5-32-18(27)17-16(13-7-9-14(23)10-8-13)21(12-24,19(28)33-6-2)22(25-17,20(29)31-4)11-15(26)30-3/h7-10,16-17,25H,5-6,11H2,1-4H3/t16-,17+,21-,22-/m0/s1. The molecule has 1 aromatic rings. The van der Waals surface area contributed by atoms with E-state index in [0.29, 0.717) is 10.6 Å². The predicted octanol–water partition coefficient (Wildman–Crippen LogP) is 1.51. The lowest BCUT2D eigenvalue weighted by Crippen LogP contribution is -2.63. The number of nitriles is 1.